The van der Waals surface area contributed by atoms with Crippen LogP contribution < -0.4 is 5.32 Å². The van der Waals surface area contributed by atoms with Crippen molar-refractivity contribution in [2.75, 3.05) is 6.54 Å². The molecule has 0 aliphatic heterocycles. The number of hydrogen-bond donors (Lipinski definition) is 1. The van der Waals surface area contributed by atoms with Crippen LogP contribution in [0.15, 0.2) is 42.5 Å². The third-order valence-electron chi connectivity index (χ3n) is 3.29. The minimum absolute atomic E-state index is 0.819. The van der Waals surface area contributed by atoms with Gasteiger partial charge >= 0.3 is 0 Å². The van der Waals surface area contributed by atoms with Gasteiger partial charge in [-0.25, -0.2) is 0 Å². The molecule has 19 heavy (non-hydrogen) atoms. The van der Waals surface area contributed by atoms with Crippen LogP contribution in [0.5, 0.6) is 0 Å². The van der Waals surface area contributed by atoms with Crippen molar-refractivity contribution in [3.8, 4) is 11.1 Å². The van der Waals surface area contributed by atoms with Crippen molar-refractivity contribution in [2.45, 2.75) is 26.8 Å². The maximum absolute atomic E-state index is 6.39. The van der Waals surface area contributed by atoms with Crippen LogP contribution in [0, 0.1) is 0 Å². The van der Waals surface area contributed by atoms with E-state index < -0.39 is 0 Å². The van der Waals surface area contributed by atoms with Gasteiger partial charge in [-0.05, 0) is 35.7 Å². The van der Waals surface area contributed by atoms with E-state index in [1.807, 2.05) is 6.07 Å². The molecular formula is C17H20ClN. The summed E-state index contributed by atoms with van der Waals surface area (Å²) < 4.78 is 0. The van der Waals surface area contributed by atoms with E-state index in [1.165, 1.54) is 16.7 Å². The van der Waals surface area contributed by atoms with Gasteiger partial charge in [0, 0.05) is 17.1 Å². The zero-order valence-electron chi connectivity index (χ0n) is 11.5. The summed E-state index contributed by atoms with van der Waals surface area (Å²) in [7, 11) is 0. The molecule has 0 aliphatic carbocycles. The molecule has 0 aliphatic rings. The molecular weight excluding hydrogens is 254 g/mol. The highest BCUT2D eigenvalue weighted by atomic mass is 35.5. The first kappa shape index (κ1) is 14.1. The molecule has 0 fully saturated rings. The summed E-state index contributed by atoms with van der Waals surface area (Å²) >= 11 is 6.39. The van der Waals surface area contributed by atoms with E-state index in [9.17, 15) is 0 Å². The normalized spacial score (nSPS) is 10.7. The van der Waals surface area contributed by atoms with Crippen molar-refractivity contribution in [1.29, 1.82) is 0 Å². The largest absolute Gasteiger partial charge is 0.313 e. The molecule has 0 spiro atoms. The van der Waals surface area contributed by atoms with Gasteiger partial charge in [0.05, 0.1) is 0 Å². The van der Waals surface area contributed by atoms with E-state index in [2.05, 4.69) is 55.6 Å². The molecule has 0 radical (unpaired) electrons. The summed E-state index contributed by atoms with van der Waals surface area (Å²) in [6.07, 6.45) is 1.07. The number of halogens is 1. The smallest absolute Gasteiger partial charge is 0.0487 e. The third-order valence-corrected chi connectivity index (χ3v) is 3.60. The predicted molar refractivity (Wildman–Crippen MR) is 83.6 cm³/mol. The van der Waals surface area contributed by atoms with Crippen LogP contribution in [0.4, 0.5) is 0 Å². The van der Waals surface area contributed by atoms with Gasteiger partial charge in [0.15, 0.2) is 0 Å². The van der Waals surface area contributed by atoms with Crippen molar-refractivity contribution in [2.24, 2.45) is 0 Å². The lowest BCUT2D eigenvalue weighted by atomic mass is 10.0. The van der Waals surface area contributed by atoms with Gasteiger partial charge < -0.3 is 5.32 Å². The fourth-order valence-corrected chi connectivity index (χ4v) is 2.40. The number of nitrogens with one attached hydrogen (secondary N) is 1. The summed E-state index contributed by atoms with van der Waals surface area (Å²) in [5.41, 5.74) is 4.85. The van der Waals surface area contributed by atoms with E-state index >= 15 is 0 Å². The second-order valence-corrected chi connectivity index (χ2v) is 5.05. The van der Waals surface area contributed by atoms with Crippen molar-refractivity contribution in [1.82, 2.24) is 5.32 Å². The number of benzene rings is 2. The van der Waals surface area contributed by atoms with Crippen LogP contribution in [0.25, 0.3) is 11.1 Å². The van der Waals surface area contributed by atoms with Crippen LogP contribution in [-0.2, 0) is 13.0 Å². The SMILES string of the molecule is CCNCc1ccc(-c2ccc(CC)cc2)c(Cl)c1. The average molecular weight is 274 g/mol. The Hall–Kier alpha value is -1.31. The molecule has 1 nitrogen and oxygen atoms in total. The first-order valence-corrected chi connectivity index (χ1v) is 7.20. The molecule has 2 aromatic carbocycles. The van der Waals surface area contributed by atoms with E-state index in [-0.39, 0.29) is 0 Å². The Morgan fingerprint density at radius 1 is 0.947 bits per heavy atom. The van der Waals surface area contributed by atoms with Gasteiger partial charge in [0.2, 0.25) is 0 Å². The van der Waals surface area contributed by atoms with Gasteiger partial charge in [-0.1, -0.05) is 61.8 Å². The standard InChI is InChI=1S/C17H20ClN/c1-3-13-5-8-15(9-6-13)16-10-7-14(11-17(16)18)12-19-4-2/h5-11,19H,3-4,12H2,1-2H3. The van der Waals surface area contributed by atoms with E-state index in [1.54, 1.807) is 0 Å². The Morgan fingerprint density at radius 3 is 2.21 bits per heavy atom. The molecule has 1 N–H and O–H groups in total. The van der Waals surface area contributed by atoms with Crippen molar-refractivity contribution in [3.05, 3.63) is 58.6 Å². The van der Waals surface area contributed by atoms with Gasteiger partial charge in [0.1, 0.15) is 0 Å². The highest BCUT2D eigenvalue weighted by Gasteiger charge is 2.04. The van der Waals surface area contributed by atoms with E-state index in [0.29, 0.717) is 0 Å². The lowest BCUT2D eigenvalue weighted by molar-refractivity contribution is 0.727. The highest BCUT2D eigenvalue weighted by molar-refractivity contribution is 6.33. The minimum Gasteiger partial charge on any atom is -0.313 e. The lowest BCUT2D eigenvalue weighted by Gasteiger charge is -2.08. The fraction of sp³-hybridized carbons (Fsp3) is 0.294. The summed E-state index contributed by atoms with van der Waals surface area (Å²) in [6.45, 7) is 6.10. The molecule has 0 unspecified atom stereocenters. The summed E-state index contributed by atoms with van der Waals surface area (Å²) in [6, 6.07) is 14.9. The molecule has 0 atom stereocenters. The number of rotatable bonds is 5. The zero-order chi connectivity index (χ0) is 13.7. The topological polar surface area (TPSA) is 12.0 Å². The Kier molecular flexibility index (Phi) is 5.00. The van der Waals surface area contributed by atoms with Gasteiger partial charge in [-0.3, -0.25) is 0 Å². The van der Waals surface area contributed by atoms with Gasteiger partial charge in [-0.2, -0.15) is 0 Å². The maximum atomic E-state index is 6.39. The van der Waals surface area contributed by atoms with Crippen molar-refractivity contribution >= 4 is 11.6 Å². The summed E-state index contributed by atoms with van der Waals surface area (Å²) in [5.74, 6) is 0. The van der Waals surface area contributed by atoms with E-state index in [4.69, 9.17) is 11.6 Å². The lowest BCUT2D eigenvalue weighted by Crippen LogP contribution is -2.11. The Balaban J connectivity index is 2.24. The first-order chi connectivity index (χ1) is 9.24. The summed E-state index contributed by atoms with van der Waals surface area (Å²) in [5, 5.41) is 4.13. The van der Waals surface area contributed by atoms with Gasteiger partial charge in [-0.15, -0.1) is 0 Å². The number of aryl methyl sites for hydroxylation is 1. The van der Waals surface area contributed by atoms with Crippen LogP contribution in [-0.4, -0.2) is 6.54 Å². The Bertz CT molecular complexity index is 531. The monoisotopic (exact) mass is 273 g/mol. The van der Waals surface area contributed by atoms with Crippen LogP contribution >= 0.6 is 11.6 Å². The quantitative estimate of drug-likeness (QED) is 0.834. The second-order valence-electron chi connectivity index (χ2n) is 4.65. The molecule has 0 bridgehead atoms. The molecule has 0 saturated heterocycles. The summed E-state index contributed by atoms with van der Waals surface area (Å²) in [4.78, 5) is 0. The number of hydrogen-bond acceptors (Lipinski definition) is 1. The Morgan fingerprint density at radius 2 is 1.63 bits per heavy atom. The minimum atomic E-state index is 0.819. The van der Waals surface area contributed by atoms with Crippen LogP contribution in [0.2, 0.25) is 5.02 Å². The molecule has 2 heteroatoms. The van der Waals surface area contributed by atoms with Crippen LogP contribution in [0.3, 0.4) is 0 Å². The highest BCUT2D eigenvalue weighted by Crippen LogP contribution is 2.29. The molecule has 2 rings (SSSR count). The molecule has 0 aromatic heterocycles. The molecule has 2 aromatic rings. The van der Waals surface area contributed by atoms with E-state index in [0.717, 1.165) is 30.1 Å². The fourth-order valence-electron chi connectivity index (χ4n) is 2.09. The zero-order valence-corrected chi connectivity index (χ0v) is 12.3. The van der Waals surface area contributed by atoms with Gasteiger partial charge in [0.25, 0.3) is 0 Å². The second kappa shape index (κ2) is 6.74. The first-order valence-electron chi connectivity index (χ1n) is 6.83. The predicted octanol–water partition coefficient (Wildman–Crippen LogP) is 4.68. The molecule has 0 heterocycles. The molecule has 100 valence electrons. The average Bonchev–Trinajstić information content (AvgIpc) is 2.45. The molecule has 0 saturated carbocycles. The maximum Gasteiger partial charge on any atom is 0.0487 e. The molecule has 0 amide bonds. The van der Waals surface area contributed by atoms with Crippen molar-refractivity contribution in [3.63, 3.8) is 0 Å². The van der Waals surface area contributed by atoms with Crippen LogP contribution in [0.1, 0.15) is 25.0 Å². The van der Waals surface area contributed by atoms with Crippen molar-refractivity contribution < 1.29 is 0 Å². The third kappa shape index (κ3) is 3.59. The Labute approximate surface area is 120 Å².